The number of ether oxygens (including phenoxy) is 2. The van der Waals surface area contributed by atoms with Crippen LogP contribution >= 0.6 is 0 Å². The van der Waals surface area contributed by atoms with E-state index in [-0.39, 0.29) is 11.5 Å². The summed E-state index contributed by atoms with van der Waals surface area (Å²) in [6.07, 6.45) is 4.03. The van der Waals surface area contributed by atoms with Gasteiger partial charge < -0.3 is 19.7 Å². The molecular weight excluding hydrogens is 344 g/mol. The van der Waals surface area contributed by atoms with Crippen molar-refractivity contribution in [1.29, 1.82) is 0 Å². The molecule has 0 aliphatic carbocycles. The monoisotopic (exact) mass is 370 g/mol. The molecule has 0 saturated heterocycles. The molecule has 144 valence electrons. The molecule has 2 N–H and O–H groups in total. The molecule has 0 spiro atoms. The summed E-state index contributed by atoms with van der Waals surface area (Å²) in [5, 5.41) is 20.2. The van der Waals surface area contributed by atoms with Crippen molar-refractivity contribution in [1.82, 2.24) is 0 Å². The van der Waals surface area contributed by atoms with Crippen molar-refractivity contribution in [3.8, 4) is 23.0 Å². The van der Waals surface area contributed by atoms with Crippen LogP contribution in [0.1, 0.15) is 31.4 Å². The number of phenols is 2. The molecule has 6 heteroatoms. The zero-order chi connectivity index (χ0) is 19.5. The van der Waals surface area contributed by atoms with E-state index in [0.717, 1.165) is 6.42 Å². The van der Waals surface area contributed by atoms with Crippen LogP contribution in [-0.2, 0) is 0 Å². The molecule has 0 aromatic heterocycles. The number of hydrogen-bond acceptors (Lipinski definition) is 6. The average Bonchev–Trinajstić information content (AvgIpc) is 2.67. The highest BCUT2D eigenvalue weighted by Gasteiger charge is 2.06. The topological polar surface area (TPSA) is 83.6 Å². The third-order valence-corrected chi connectivity index (χ3v) is 3.70. The SMILES string of the molecule is CCOc1cccc(C=NCCCN=Cc2cccc(OCC)c2O)c1O. The summed E-state index contributed by atoms with van der Waals surface area (Å²) in [5.74, 6) is 1.12. The minimum Gasteiger partial charge on any atom is -0.504 e. The van der Waals surface area contributed by atoms with Crippen molar-refractivity contribution in [2.24, 2.45) is 9.98 Å². The van der Waals surface area contributed by atoms with Gasteiger partial charge in [0.05, 0.1) is 13.2 Å². The largest absolute Gasteiger partial charge is 0.504 e. The minimum absolute atomic E-state index is 0.103. The Bertz CT molecular complexity index is 722. The minimum atomic E-state index is 0.103. The van der Waals surface area contributed by atoms with Crippen LogP contribution in [0.2, 0.25) is 0 Å². The molecule has 0 fully saturated rings. The van der Waals surface area contributed by atoms with E-state index in [2.05, 4.69) is 9.98 Å². The first kappa shape index (κ1) is 20.3. The van der Waals surface area contributed by atoms with Gasteiger partial charge in [0.15, 0.2) is 23.0 Å². The summed E-state index contributed by atoms with van der Waals surface area (Å²) >= 11 is 0. The Labute approximate surface area is 159 Å². The number of hydrogen-bond donors (Lipinski definition) is 2. The van der Waals surface area contributed by atoms with Crippen molar-refractivity contribution in [3.63, 3.8) is 0 Å². The van der Waals surface area contributed by atoms with Crippen LogP contribution in [0.5, 0.6) is 23.0 Å². The highest BCUT2D eigenvalue weighted by molar-refractivity contribution is 5.85. The van der Waals surface area contributed by atoms with Gasteiger partial charge in [0.1, 0.15) is 0 Å². The van der Waals surface area contributed by atoms with Crippen LogP contribution in [0, 0.1) is 0 Å². The zero-order valence-electron chi connectivity index (χ0n) is 15.8. The van der Waals surface area contributed by atoms with E-state index < -0.39 is 0 Å². The molecule has 2 aromatic carbocycles. The maximum Gasteiger partial charge on any atom is 0.166 e. The number of aromatic hydroxyl groups is 2. The van der Waals surface area contributed by atoms with Gasteiger partial charge >= 0.3 is 0 Å². The van der Waals surface area contributed by atoms with E-state index in [1.54, 1.807) is 36.7 Å². The predicted molar refractivity (Wildman–Crippen MR) is 108 cm³/mol. The zero-order valence-corrected chi connectivity index (χ0v) is 15.8. The Morgan fingerprint density at radius 1 is 0.778 bits per heavy atom. The number of rotatable bonds is 10. The number of benzene rings is 2. The van der Waals surface area contributed by atoms with Gasteiger partial charge in [-0.2, -0.15) is 0 Å². The van der Waals surface area contributed by atoms with Gasteiger partial charge in [0.25, 0.3) is 0 Å². The lowest BCUT2D eigenvalue weighted by Gasteiger charge is -2.07. The van der Waals surface area contributed by atoms with Gasteiger partial charge in [-0.1, -0.05) is 12.1 Å². The van der Waals surface area contributed by atoms with Crippen molar-refractivity contribution in [2.75, 3.05) is 26.3 Å². The molecule has 0 aliphatic heterocycles. The smallest absolute Gasteiger partial charge is 0.166 e. The second kappa shape index (κ2) is 10.9. The summed E-state index contributed by atoms with van der Waals surface area (Å²) in [5.41, 5.74) is 1.25. The van der Waals surface area contributed by atoms with Gasteiger partial charge in [-0.3, -0.25) is 9.98 Å². The molecule has 0 bridgehead atoms. The van der Waals surface area contributed by atoms with Gasteiger partial charge in [0, 0.05) is 36.6 Å². The Morgan fingerprint density at radius 2 is 1.22 bits per heavy atom. The molecule has 0 amide bonds. The number of nitrogens with zero attached hydrogens (tertiary/aromatic N) is 2. The van der Waals surface area contributed by atoms with Gasteiger partial charge in [-0.15, -0.1) is 0 Å². The highest BCUT2D eigenvalue weighted by atomic mass is 16.5. The normalized spacial score (nSPS) is 11.3. The Hall–Kier alpha value is -3.02. The molecule has 6 nitrogen and oxygen atoms in total. The van der Waals surface area contributed by atoms with Gasteiger partial charge in [-0.05, 0) is 44.5 Å². The first-order valence-corrected chi connectivity index (χ1v) is 9.06. The van der Waals surface area contributed by atoms with Crippen LogP contribution in [0.4, 0.5) is 0 Å². The Morgan fingerprint density at radius 3 is 1.63 bits per heavy atom. The fourth-order valence-electron chi connectivity index (χ4n) is 2.41. The van der Waals surface area contributed by atoms with E-state index >= 15 is 0 Å². The Kier molecular flexibility index (Phi) is 8.16. The first-order valence-electron chi connectivity index (χ1n) is 9.06. The summed E-state index contributed by atoms with van der Waals surface area (Å²) in [7, 11) is 0. The molecular formula is C21H26N2O4. The van der Waals surface area contributed by atoms with Crippen molar-refractivity contribution < 1.29 is 19.7 Å². The fraction of sp³-hybridized carbons (Fsp3) is 0.333. The van der Waals surface area contributed by atoms with E-state index in [1.807, 2.05) is 26.0 Å². The number of aliphatic imine (C=N–C) groups is 2. The highest BCUT2D eigenvalue weighted by Crippen LogP contribution is 2.29. The summed E-state index contributed by atoms with van der Waals surface area (Å²) < 4.78 is 10.7. The van der Waals surface area contributed by atoms with Crippen LogP contribution in [0.15, 0.2) is 46.4 Å². The number of phenolic OH excluding ortho intramolecular Hbond substituents is 2. The van der Waals surface area contributed by atoms with Crippen molar-refractivity contribution in [2.45, 2.75) is 20.3 Å². The molecule has 2 rings (SSSR count). The van der Waals surface area contributed by atoms with Gasteiger partial charge in [-0.25, -0.2) is 0 Å². The van der Waals surface area contributed by atoms with E-state index in [4.69, 9.17) is 9.47 Å². The maximum atomic E-state index is 10.1. The average molecular weight is 370 g/mol. The lowest BCUT2D eigenvalue weighted by atomic mass is 10.2. The molecule has 0 radical (unpaired) electrons. The molecule has 2 aromatic rings. The van der Waals surface area contributed by atoms with E-state index in [1.165, 1.54) is 0 Å². The summed E-state index contributed by atoms with van der Waals surface area (Å²) in [6, 6.07) is 10.7. The molecule has 27 heavy (non-hydrogen) atoms. The summed E-state index contributed by atoms with van der Waals surface area (Å²) in [4.78, 5) is 8.64. The van der Waals surface area contributed by atoms with Crippen molar-refractivity contribution in [3.05, 3.63) is 47.5 Å². The molecule has 0 saturated carbocycles. The van der Waals surface area contributed by atoms with Crippen molar-refractivity contribution >= 4 is 12.4 Å². The van der Waals surface area contributed by atoms with E-state index in [9.17, 15) is 10.2 Å². The predicted octanol–water partition coefficient (Wildman–Crippen LogP) is 3.82. The standard InChI is InChI=1S/C21H26N2O4/c1-3-26-18-10-5-8-16(20(18)24)14-22-12-7-13-23-15-17-9-6-11-19(21(17)25)27-4-2/h5-6,8-11,14-15,24-25H,3-4,7,12-13H2,1-2H3. The molecule has 0 heterocycles. The van der Waals surface area contributed by atoms with Crippen LogP contribution in [0.25, 0.3) is 0 Å². The third kappa shape index (κ3) is 6.02. The second-order valence-electron chi connectivity index (χ2n) is 5.68. The van der Waals surface area contributed by atoms with Crippen LogP contribution in [0.3, 0.4) is 0 Å². The molecule has 0 atom stereocenters. The van der Waals surface area contributed by atoms with E-state index in [0.29, 0.717) is 48.9 Å². The third-order valence-electron chi connectivity index (χ3n) is 3.70. The quantitative estimate of drug-likeness (QED) is 0.492. The first-order chi connectivity index (χ1) is 13.2. The maximum absolute atomic E-state index is 10.1. The fourth-order valence-corrected chi connectivity index (χ4v) is 2.41. The second-order valence-corrected chi connectivity index (χ2v) is 5.68. The van der Waals surface area contributed by atoms with Crippen LogP contribution in [-0.4, -0.2) is 48.9 Å². The lowest BCUT2D eigenvalue weighted by molar-refractivity contribution is 0.318. The lowest BCUT2D eigenvalue weighted by Crippen LogP contribution is -1.95. The summed E-state index contributed by atoms with van der Waals surface area (Å²) in [6.45, 7) is 5.90. The Balaban J connectivity index is 1.82. The molecule has 0 aliphatic rings. The molecule has 0 unspecified atom stereocenters. The van der Waals surface area contributed by atoms with Gasteiger partial charge in [0.2, 0.25) is 0 Å². The number of para-hydroxylation sites is 2. The van der Waals surface area contributed by atoms with Crippen LogP contribution < -0.4 is 9.47 Å².